The number of carboxylic acid groups (broad SMARTS) is 1. The van der Waals surface area contributed by atoms with Gasteiger partial charge in [-0.3, -0.25) is 9.59 Å². The molecule has 1 unspecified atom stereocenters. The van der Waals surface area contributed by atoms with Crippen LogP contribution in [0.4, 0.5) is 0 Å². The van der Waals surface area contributed by atoms with Crippen LogP contribution in [0.15, 0.2) is 48.5 Å². The predicted octanol–water partition coefficient (Wildman–Crippen LogP) is 4.79. The minimum atomic E-state index is -0.900. The van der Waals surface area contributed by atoms with Gasteiger partial charge in [-0.25, -0.2) is 4.98 Å². The Kier molecular flexibility index (Phi) is 7.21. The first kappa shape index (κ1) is 23.9. The highest BCUT2D eigenvalue weighted by molar-refractivity contribution is 5.81. The minimum absolute atomic E-state index is 0.0807. The third-order valence-corrected chi connectivity index (χ3v) is 6.84. The fourth-order valence-electron chi connectivity index (χ4n) is 4.98. The van der Waals surface area contributed by atoms with E-state index < -0.39 is 11.9 Å². The lowest BCUT2D eigenvalue weighted by atomic mass is 9.88. The lowest BCUT2D eigenvalue weighted by Crippen LogP contribution is -2.37. The van der Waals surface area contributed by atoms with Crippen molar-refractivity contribution in [1.29, 1.82) is 0 Å². The van der Waals surface area contributed by atoms with Crippen molar-refractivity contribution in [3.8, 4) is 17.4 Å². The molecule has 1 aromatic heterocycles. The van der Waals surface area contributed by atoms with Crippen LogP contribution in [0, 0.1) is 0 Å². The van der Waals surface area contributed by atoms with Crippen LogP contribution in [0.5, 0.6) is 17.4 Å². The van der Waals surface area contributed by atoms with Crippen molar-refractivity contribution in [2.75, 3.05) is 13.4 Å². The summed E-state index contributed by atoms with van der Waals surface area (Å²) in [5.41, 5.74) is 2.31. The molecule has 2 heterocycles. The summed E-state index contributed by atoms with van der Waals surface area (Å²) in [6.07, 6.45) is 6.71. The predicted molar refractivity (Wildman–Crippen MR) is 134 cm³/mol. The van der Waals surface area contributed by atoms with Crippen molar-refractivity contribution in [2.45, 2.75) is 56.9 Å². The highest BCUT2D eigenvalue weighted by Gasteiger charge is 2.22. The lowest BCUT2D eigenvalue weighted by molar-refractivity contribution is -0.137. The molecule has 3 aromatic rings. The first-order chi connectivity index (χ1) is 17.5. The Balaban J connectivity index is 1.32. The standard InChI is InChI=1S/C28H30N2O6/c31-26(29-21-5-3-1-2-4-6-21)16-34-27-12-10-18-7-8-19(13-23(18)30-27)22(15-28(32)33)20-9-11-24-25(14-20)36-17-35-24/h7-14,21-22H,1-6,15-17H2,(H,29,31)(H,32,33). The topological polar surface area (TPSA) is 107 Å². The van der Waals surface area contributed by atoms with Gasteiger partial charge < -0.3 is 24.6 Å². The van der Waals surface area contributed by atoms with E-state index in [9.17, 15) is 14.7 Å². The Bertz CT molecular complexity index is 1250. The lowest BCUT2D eigenvalue weighted by Gasteiger charge is -2.17. The molecule has 1 aliphatic carbocycles. The van der Waals surface area contributed by atoms with Crippen LogP contribution >= 0.6 is 0 Å². The summed E-state index contributed by atoms with van der Waals surface area (Å²) in [6, 6.07) is 15.1. The number of carbonyl (C=O) groups excluding carboxylic acids is 1. The van der Waals surface area contributed by atoms with Gasteiger partial charge in [0.1, 0.15) is 0 Å². The van der Waals surface area contributed by atoms with Crippen molar-refractivity contribution in [2.24, 2.45) is 0 Å². The van der Waals surface area contributed by atoms with E-state index in [0.29, 0.717) is 22.9 Å². The summed E-state index contributed by atoms with van der Waals surface area (Å²) < 4.78 is 16.6. The molecule has 188 valence electrons. The van der Waals surface area contributed by atoms with E-state index in [2.05, 4.69) is 10.3 Å². The van der Waals surface area contributed by atoms with E-state index in [0.717, 1.165) is 42.2 Å². The molecule has 0 radical (unpaired) electrons. The monoisotopic (exact) mass is 490 g/mol. The van der Waals surface area contributed by atoms with Gasteiger partial charge in [-0.05, 0) is 48.2 Å². The van der Waals surface area contributed by atoms with Crippen molar-refractivity contribution >= 4 is 22.8 Å². The zero-order chi connectivity index (χ0) is 24.9. The molecule has 8 nitrogen and oxygen atoms in total. The number of aromatic nitrogens is 1. The van der Waals surface area contributed by atoms with Crippen LogP contribution in [0.2, 0.25) is 0 Å². The molecule has 5 rings (SSSR count). The number of pyridine rings is 1. The molecule has 2 aliphatic rings. The average molecular weight is 491 g/mol. The van der Waals surface area contributed by atoms with Crippen LogP contribution < -0.4 is 19.5 Å². The molecule has 8 heteroatoms. The van der Waals surface area contributed by atoms with E-state index in [-0.39, 0.29) is 31.8 Å². The van der Waals surface area contributed by atoms with Gasteiger partial charge in [-0.15, -0.1) is 0 Å². The molecule has 0 saturated heterocycles. The quantitative estimate of drug-likeness (QED) is 0.437. The second-order valence-corrected chi connectivity index (χ2v) is 9.41. The van der Waals surface area contributed by atoms with Gasteiger partial charge in [0.2, 0.25) is 12.7 Å². The summed E-state index contributed by atoms with van der Waals surface area (Å²) >= 11 is 0. The Labute approximate surface area is 209 Å². The summed E-state index contributed by atoms with van der Waals surface area (Å²) in [4.78, 5) is 28.7. The number of benzene rings is 2. The van der Waals surface area contributed by atoms with E-state index >= 15 is 0 Å². The summed E-state index contributed by atoms with van der Waals surface area (Å²) in [5, 5.41) is 13.6. The molecule has 1 atom stereocenters. The van der Waals surface area contributed by atoms with Crippen molar-refractivity contribution in [3.63, 3.8) is 0 Å². The van der Waals surface area contributed by atoms with Crippen LogP contribution in [0.3, 0.4) is 0 Å². The molecule has 1 amide bonds. The van der Waals surface area contributed by atoms with Crippen molar-refractivity contribution < 1.29 is 28.9 Å². The number of fused-ring (bicyclic) bond motifs is 2. The number of aliphatic carboxylic acids is 1. The van der Waals surface area contributed by atoms with Crippen LogP contribution in [-0.4, -0.2) is 41.4 Å². The van der Waals surface area contributed by atoms with Gasteiger partial charge >= 0.3 is 5.97 Å². The number of ether oxygens (including phenoxy) is 3. The van der Waals surface area contributed by atoms with E-state index in [4.69, 9.17) is 14.2 Å². The average Bonchev–Trinajstić information content (AvgIpc) is 3.20. The molecule has 36 heavy (non-hydrogen) atoms. The molecule has 2 aromatic carbocycles. The summed E-state index contributed by atoms with van der Waals surface area (Å²) in [7, 11) is 0. The highest BCUT2D eigenvalue weighted by atomic mass is 16.7. The zero-order valence-electron chi connectivity index (χ0n) is 20.1. The van der Waals surface area contributed by atoms with Crippen LogP contribution in [-0.2, 0) is 9.59 Å². The number of rotatable bonds is 8. The molecule has 1 aliphatic heterocycles. The Hall–Kier alpha value is -3.81. The Morgan fingerprint density at radius 3 is 2.50 bits per heavy atom. The minimum Gasteiger partial charge on any atom is -0.481 e. The third-order valence-electron chi connectivity index (χ3n) is 6.84. The molecule has 2 N–H and O–H groups in total. The SMILES string of the molecule is O=C(O)CC(c1ccc2c(c1)OCO2)c1ccc2ccc(OCC(=O)NC3CCCCCC3)nc2c1. The smallest absolute Gasteiger partial charge is 0.304 e. The first-order valence-electron chi connectivity index (χ1n) is 12.5. The number of carboxylic acids is 1. The maximum atomic E-state index is 12.4. The number of nitrogens with zero attached hydrogens (tertiary/aromatic N) is 1. The van der Waals surface area contributed by atoms with E-state index in [1.165, 1.54) is 12.8 Å². The number of hydrogen-bond donors (Lipinski definition) is 2. The number of nitrogens with one attached hydrogen (secondary N) is 1. The van der Waals surface area contributed by atoms with Gasteiger partial charge in [0.15, 0.2) is 18.1 Å². The molecule has 0 bridgehead atoms. The third kappa shape index (κ3) is 5.70. The number of amides is 1. The van der Waals surface area contributed by atoms with E-state index in [1.807, 2.05) is 36.4 Å². The van der Waals surface area contributed by atoms with Gasteiger partial charge in [0.25, 0.3) is 5.91 Å². The van der Waals surface area contributed by atoms with Gasteiger partial charge in [-0.1, -0.05) is 43.9 Å². The van der Waals surface area contributed by atoms with E-state index in [1.54, 1.807) is 12.1 Å². The van der Waals surface area contributed by atoms with Crippen molar-refractivity contribution in [1.82, 2.24) is 10.3 Å². The Morgan fingerprint density at radius 2 is 1.69 bits per heavy atom. The fraction of sp³-hybridized carbons (Fsp3) is 0.393. The fourth-order valence-corrected chi connectivity index (χ4v) is 4.98. The zero-order valence-corrected chi connectivity index (χ0v) is 20.1. The van der Waals surface area contributed by atoms with Gasteiger partial charge in [-0.2, -0.15) is 0 Å². The van der Waals surface area contributed by atoms with Crippen LogP contribution in [0.25, 0.3) is 10.9 Å². The Morgan fingerprint density at radius 1 is 0.972 bits per heavy atom. The van der Waals surface area contributed by atoms with Crippen molar-refractivity contribution in [3.05, 3.63) is 59.7 Å². The number of carbonyl (C=O) groups is 2. The molecular formula is C28H30N2O6. The maximum absolute atomic E-state index is 12.4. The van der Waals surface area contributed by atoms with Crippen LogP contribution in [0.1, 0.15) is 62.0 Å². The normalized spacial score (nSPS) is 16.3. The first-order valence-corrected chi connectivity index (χ1v) is 12.5. The van der Waals surface area contributed by atoms with Gasteiger partial charge in [0, 0.05) is 23.4 Å². The van der Waals surface area contributed by atoms with Gasteiger partial charge in [0.05, 0.1) is 11.9 Å². The second-order valence-electron chi connectivity index (χ2n) is 9.41. The molecule has 1 saturated carbocycles. The molecule has 1 fully saturated rings. The second kappa shape index (κ2) is 10.8. The maximum Gasteiger partial charge on any atom is 0.304 e. The highest BCUT2D eigenvalue weighted by Crippen LogP contribution is 2.38. The molecular weight excluding hydrogens is 460 g/mol. The largest absolute Gasteiger partial charge is 0.481 e. The number of hydrogen-bond acceptors (Lipinski definition) is 6. The summed E-state index contributed by atoms with van der Waals surface area (Å²) in [5.74, 6) is 0.188. The molecule has 0 spiro atoms. The summed E-state index contributed by atoms with van der Waals surface area (Å²) in [6.45, 7) is 0.0667.